The number of carboxylic acid groups (broad SMARTS) is 1. The van der Waals surface area contributed by atoms with Crippen LogP contribution in [0.15, 0.2) is 47.1 Å². The molecule has 1 aliphatic heterocycles. The fraction of sp³-hybridized carbons (Fsp3) is 0.333. The molecule has 1 aromatic carbocycles. The minimum atomic E-state index is -0.925. The van der Waals surface area contributed by atoms with Crippen LogP contribution in [0.3, 0.4) is 0 Å². The highest BCUT2D eigenvalue weighted by molar-refractivity contribution is 9.10. The lowest BCUT2D eigenvalue weighted by molar-refractivity contribution is 0.0689. The number of hydrogen-bond acceptors (Lipinski definition) is 4. The first-order valence-electron chi connectivity index (χ1n) is 7.93. The number of aromatic nitrogens is 1. The summed E-state index contributed by atoms with van der Waals surface area (Å²) in [6, 6.07) is 11.1. The van der Waals surface area contributed by atoms with E-state index in [0.717, 1.165) is 36.2 Å². The Morgan fingerprint density at radius 1 is 1.29 bits per heavy atom. The van der Waals surface area contributed by atoms with Crippen molar-refractivity contribution in [3.05, 3.63) is 58.3 Å². The lowest BCUT2D eigenvalue weighted by Crippen LogP contribution is -2.38. The lowest BCUT2D eigenvalue weighted by atomic mass is 10.1. The van der Waals surface area contributed by atoms with Crippen molar-refractivity contribution >= 4 is 21.9 Å². The molecule has 0 amide bonds. The van der Waals surface area contributed by atoms with Gasteiger partial charge in [0.2, 0.25) is 0 Å². The number of pyridine rings is 1. The van der Waals surface area contributed by atoms with Crippen LogP contribution in [-0.2, 0) is 6.54 Å². The van der Waals surface area contributed by atoms with Crippen molar-refractivity contribution in [2.24, 2.45) is 0 Å². The van der Waals surface area contributed by atoms with Crippen LogP contribution in [0.4, 0.5) is 0 Å². The topological polar surface area (TPSA) is 62.7 Å². The number of rotatable bonds is 5. The largest absolute Gasteiger partial charge is 0.490 e. The van der Waals surface area contributed by atoms with Gasteiger partial charge < -0.3 is 9.84 Å². The van der Waals surface area contributed by atoms with Crippen LogP contribution in [0.2, 0.25) is 0 Å². The van der Waals surface area contributed by atoms with E-state index in [2.05, 4.69) is 25.8 Å². The van der Waals surface area contributed by atoms with E-state index in [1.807, 2.05) is 24.3 Å². The van der Waals surface area contributed by atoms with Gasteiger partial charge in [0.1, 0.15) is 11.9 Å². The molecule has 0 radical (unpaired) electrons. The van der Waals surface area contributed by atoms with E-state index in [1.165, 1.54) is 0 Å². The van der Waals surface area contributed by atoms with Crippen molar-refractivity contribution in [3.63, 3.8) is 0 Å². The number of halogens is 1. The Morgan fingerprint density at radius 2 is 2.08 bits per heavy atom. The van der Waals surface area contributed by atoms with Gasteiger partial charge in [0, 0.05) is 30.3 Å². The van der Waals surface area contributed by atoms with Crippen LogP contribution in [0.25, 0.3) is 0 Å². The first kappa shape index (κ1) is 16.9. The maximum Gasteiger partial charge on any atom is 0.337 e. The molecule has 1 aromatic heterocycles. The fourth-order valence-corrected chi connectivity index (χ4v) is 3.27. The highest BCUT2D eigenvalue weighted by Crippen LogP contribution is 2.23. The third kappa shape index (κ3) is 4.33. The summed E-state index contributed by atoms with van der Waals surface area (Å²) >= 11 is 3.45. The van der Waals surface area contributed by atoms with E-state index >= 15 is 0 Å². The number of carboxylic acids is 1. The summed E-state index contributed by atoms with van der Waals surface area (Å²) in [7, 11) is 0. The van der Waals surface area contributed by atoms with Crippen molar-refractivity contribution in [1.82, 2.24) is 9.88 Å². The molecule has 0 saturated carbocycles. The molecule has 1 saturated heterocycles. The normalized spacial score (nSPS) is 16.0. The smallest absolute Gasteiger partial charge is 0.337 e. The number of aromatic carboxylic acids is 1. The van der Waals surface area contributed by atoms with Gasteiger partial charge in [0.15, 0.2) is 0 Å². The highest BCUT2D eigenvalue weighted by Gasteiger charge is 2.22. The summed E-state index contributed by atoms with van der Waals surface area (Å²) < 4.78 is 7.04. The monoisotopic (exact) mass is 390 g/mol. The van der Waals surface area contributed by atoms with Gasteiger partial charge in [-0.25, -0.2) is 4.79 Å². The predicted octanol–water partition coefficient (Wildman–Crippen LogP) is 3.59. The maximum absolute atomic E-state index is 11.3. The Balaban J connectivity index is 1.55. The second-order valence-corrected chi connectivity index (χ2v) is 6.77. The van der Waals surface area contributed by atoms with E-state index in [4.69, 9.17) is 4.74 Å². The molecule has 126 valence electrons. The van der Waals surface area contributed by atoms with Crippen LogP contribution < -0.4 is 4.74 Å². The van der Waals surface area contributed by atoms with Gasteiger partial charge in [-0.2, -0.15) is 0 Å². The summed E-state index contributed by atoms with van der Waals surface area (Å²) in [6.07, 6.45) is 3.67. The van der Waals surface area contributed by atoms with E-state index in [1.54, 1.807) is 18.3 Å². The van der Waals surface area contributed by atoms with Crippen molar-refractivity contribution in [2.45, 2.75) is 25.5 Å². The zero-order chi connectivity index (χ0) is 16.9. The molecule has 2 heterocycles. The molecule has 0 bridgehead atoms. The number of hydrogen-bond donors (Lipinski definition) is 1. The van der Waals surface area contributed by atoms with Crippen molar-refractivity contribution in [1.29, 1.82) is 0 Å². The summed E-state index contributed by atoms with van der Waals surface area (Å²) in [5.41, 5.74) is 0.904. The molecular weight excluding hydrogens is 372 g/mol. The number of ether oxygens (including phenoxy) is 1. The fourth-order valence-electron chi connectivity index (χ4n) is 2.89. The van der Waals surface area contributed by atoms with Crippen molar-refractivity contribution in [2.75, 3.05) is 13.1 Å². The van der Waals surface area contributed by atoms with E-state index in [0.29, 0.717) is 12.2 Å². The van der Waals surface area contributed by atoms with Gasteiger partial charge in [-0.1, -0.05) is 22.0 Å². The molecule has 1 N–H and O–H groups in total. The number of benzene rings is 1. The predicted molar refractivity (Wildman–Crippen MR) is 94.3 cm³/mol. The number of nitrogens with zero attached hydrogens (tertiary/aromatic N) is 2. The minimum absolute atomic E-state index is 0.193. The lowest BCUT2D eigenvalue weighted by Gasteiger charge is -2.32. The van der Waals surface area contributed by atoms with Crippen LogP contribution in [0, 0.1) is 0 Å². The maximum atomic E-state index is 11.3. The summed E-state index contributed by atoms with van der Waals surface area (Å²) in [4.78, 5) is 17.7. The molecule has 24 heavy (non-hydrogen) atoms. The molecule has 6 heteroatoms. The van der Waals surface area contributed by atoms with Crippen molar-refractivity contribution < 1.29 is 14.6 Å². The number of carbonyl (C=O) groups is 1. The molecular formula is C18H19BrN2O3. The van der Waals surface area contributed by atoms with Gasteiger partial charge in [0.05, 0.1) is 11.3 Å². The second kappa shape index (κ2) is 7.77. The van der Waals surface area contributed by atoms with E-state index in [9.17, 15) is 9.90 Å². The molecule has 0 spiro atoms. The molecule has 0 aliphatic carbocycles. The summed E-state index contributed by atoms with van der Waals surface area (Å²) in [5, 5.41) is 9.24. The Bertz CT molecular complexity index is 715. The standard InChI is InChI=1S/C18H19BrN2O3/c19-13-3-1-4-15(11-13)24-14-6-9-21(10-7-14)12-17-16(18(22)23)5-2-8-20-17/h1-5,8,11,14H,6-7,9-10,12H2,(H,22,23). The number of likely N-dealkylation sites (tertiary alicyclic amines) is 1. The van der Waals surface area contributed by atoms with Crippen LogP contribution in [-0.4, -0.2) is 40.2 Å². The molecule has 1 aliphatic rings. The Hall–Kier alpha value is -1.92. The van der Waals surface area contributed by atoms with Gasteiger partial charge in [-0.05, 0) is 43.2 Å². The molecule has 3 rings (SSSR count). The first-order valence-corrected chi connectivity index (χ1v) is 8.73. The molecule has 0 atom stereocenters. The zero-order valence-electron chi connectivity index (χ0n) is 13.2. The van der Waals surface area contributed by atoms with E-state index < -0.39 is 5.97 Å². The van der Waals surface area contributed by atoms with Gasteiger partial charge >= 0.3 is 5.97 Å². The molecule has 0 unspecified atom stereocenters. The van der Waals surface area contributed by atoms with Crippen LogP contribution >= 0.6 is 15.9 Å². The average Bonchev–Trinajstić information content (AvgIpc) is 2.57. The third-order valence-corrected chi connectivity index (χ3v) is 4.62. The minimum Gasteiger partial charge on any atom is -0.490 e. The zero-order valence-corrected chi connectivity index (χ0v) is 14.8. The summed E-state index contributed by atoms with van der Waals surface area (Å²) in [5.74, 6) is -0.0494. The Morgan fingerprint density at radius 3 is 2.79 bits per heavy atom. The first-order chi connectivity index (χ1) is 11.6. The molecule has 1 fully saturated rings. The summed E-state index contributed by atoms with van der Waals surface area (Å²) in [6.45, 7) is 2.30. The highest BCUT2D eigenvalue weighted by atomic mass is 79.9. The van der Waals surface area contributed by atoms with Gasteiger partial charge in [-0.3, -0.25) is 9.88 Å². The van der Waals surface area contributed by atoms with E-state index in [-0.39, 0.29) is 11.7 Å². The van der Waals surface area contributed by atoms with Crippen LogP contribution in [0.1, 0.15) is 28.9 Å². The number of piperidine rings is 1. The molecule has 5 nitrogen and oxygen atoms in total. The Kier molecular flexibility index (Phi) is 5.48. The molecule has 2 aromatic rings. The van der Waals surface area contributed by atoms with Crippen LogP contribution in [0.5, 0.6) is 5.75 Å². The second-order valence-electron chi connectivity index (χ2n) is 5.85. The van der Waals surface area contributed by atoms with Gasteiger partial charge in [0.25, 0.3) is 0 Å². The Labute approximate surface area is 149 Å². The average molecular weight is 391 g/mol. The SMILES string of the molecule is O=C(O)c1cccnc1CN1CCC(Oc2cccc(Br)c2)CC1. The van der Waals surface area contributed by atoms with Crippen molar-refractivity contribution in [3.8, 4) is 5.75 Å². The quantitative estimate of drug-likeness (QED) is 0.844. The van der Waals surface area contributed by atoms with Gasteiger partial charge in [-0.15, -0.1) is 0 Å². The third-order valence-electron chi connectivity index (χ3n) is 4.13.